The van der Waals surface area contributed by atoms with Gasteiger partial charge in [0, 0.05) is 19.0 Å². The molecule has 2 amide bonds. The molecule has 5 heteroatoms. The Labute approximate surface area is 103 Å². The molecule has 1 rings (SSSR count). The molecular weight excluding hydrogens is 218 g/mol. The van der Waals surface area contributed by atoms with E-state index in [4.69, 9.17) is 5.73 Å². The van der Waals surface area contributed by atoms with E-state index in [0.29, 0.717) is 31.3 Å². The molecule has 0 radical (unpaired) electrons. The second-order valence-corrected chi connectivity index (χ2v) is 5.12. The van der Waals surface area contributed by atoms with Crippen molar-refractivity contribution in [2.24, 2.45) is 11.7 Å². The molecule has 1 aliphatic rings. The summed E-state index contributed by atoms with van der Waals surface area (Å²) >= 11 is 0. The van der Waals surface area contributed by atoms with Gasteiger partial charge in [-0.2, -0.15) is 0 Å². The van der Waals surface area contributed by atoms with Gasteiger partial charge in [-0.1, -0.05) is 13.8 Å². The predicted octanol–water partition coefficient (Wildman–Crippen LogP) is 0.145. The predicted molar refractivity (Wildman–Crippen MR) is 66.2 cm³/mol. The van der Waals surface area contributed by atoms with Gasteiger partial charge in [0.15, 0.2) is 0 Å². The van der Waals surface area contributed by atoms with Crippen molar-refractivity contribution < 1.29 is 9.59 Å². The van der Waals surface area contributed by atoms with E-state index in [2.05, 4.69) is 10.6 Å². The van der Waals surface area contributed by atoms with E-state index in [9.17, 15) is 9.59 Å². The molecule has 0 unspecified atom stereocenters. The Hall–Kier alpha value is -1.10. The van der Waals surface area contributed by atoms with Crippen molar-refractivity contribution in [2.45, 2.75) is 51.6 Å². The number of rotatable bonds is 7. The summed E-state index contributed by atoms with van der Waals surface area (Å²) in [5.41, 5.74) is 5.71. The van der Waals surface area contributed by atoms with Gasteiger partial charge >= 0.3 is 0 Å². The molecule has 98 valence electrons. The van der Waals surface area contributed by atoms with E-state index in [1.807, 2.05) is 13.8 Å². The van der Waals surface area contributed by atoms with E-state index in [1.54, 1.807) is 0 Å². The second kappa shape index (κ2) is 6.59. The molecule has 0 saturated heterocycles. The van der Waals surface area contributed by atoms with Crippen LogP contribution >= 0.6 is 0 Å². The van der Waals surface area contributed by atoms with Crippen LogP contribution in [0.3, 0.4) is 0 Å². The zero-order chi connectivity index (χ0) is 12.8. The largest absolute Gasteiger partial charge is 0.354 e. The highest BCUT2D eigenvalue weighted by atomic mass is 16.2. The van der Waals surface area contributed by atoms with E-state index in [1.165, 1.54) is 0 Å². The highest BCUT2D eigenvalue weighted by Gasteiger charge is 2.23. The Kier molecular flexibility index (Phi) is 5.41. The Morgan fingerprint density at radius 2 is 2.00 bits per heavy atom. The Balaban J connectivity index is 2.07. The van der Waals surface area contributed by atoms with Gasteiger partial charge in [-0.05, 0) is 25.2 Å². The lowest BCUT2D eigenvalue weighted by atomic mass is 10.0. The minimum atomic E-state index is -0.471. The fourth-order valence-electron chi connectivity index (χ4n) is 1.57. The van der Waals surface area contributed by atoms with Crippen molar-refractivity contribution in [3.05, 3.63) is 0 Å². The molecular formula is C12H23N3O2. The van der Waals surface area contributed by atoms with E-state index >= 15 is 0 Å². The number of hydrogen-bond donors (Lipinski definition) is 3. The molecule has 0 heterocycles. The van der Waals surface area contributed by atoms with Crippen LogP contribution in [-0.2, 0) is 9.59 Å². The molecule has 4 N–H and O–H groups in total. The van der Waals surface area contributed by atoms with Gasteiger partial charge < -0.3 is 16.4 Å². The normalized spacial score (nSPS) is 16.7. The molecule has 0 spiro atoms. The highest BCUT2D eigenvalue weighted by molar-refractivity contribution is 5.82. The van der Waals surface area contributed by atoms with Gasteiger partial charge in [-0.3, -0.25) is 9.59 Å². The molecule has 0 aliphatic heterocycles. The third kappa shape index (κ3) is 6.26. The maximum atomic E-state index is 11.5. The van der Waals surface area contributed by atoms with Crippen LogP contribution < -0.4 is 16.4 Å². The Bertz CT molecular complexity index is 275. The first-order chi connectivity index (χ1) is 7.99. The van der Waals surface area contributed by atoms with Gasteiger partial charge in [0.05, 0.1) is 6.04 Å². The molecule has 1 saturated carbocycles. The number of nitrogens with one attached hydrogen (secondary N) is 2. The molecule has 0 aromatic rings. The van der Waals surface area contributed by atoms with E-state index in [0.717, 1.165) is 12.8 Å². The molecule has 17 heavy (non-hydrogen) atoms. The topological polar surface area (TPSA) is 84.2 Å². The fraction of sp³-hybridized carbons (Fsp3) is 0.833. The molecule has 1 fully saturated rings. The van der Waals surface area contributed by atoms with Crippen LogP contribution in [-0.4, -0.2) is 30.4 Å². The average Bonchev–Trinajstić information content (AvgIpc) is 3.00. The molecule has 1 aliphatic carbocycles. The number of carbonyl (C=O) groups is 2. The summed E-state index contributed by atoms with van der Waals surface area (Å²) in [6, 6.07) is -0.0945. The Morgan fingerprint density at radius 3 is 2.53 bits per heavy atom. The van der Waals surface area contributed by atoms with Gasteiger partial charge in [0.2, 0.25) is 11.8 Å². The maximum absolute atomic E-state index is 11.5. The number of hydrogen-bond acceptors (Lipinski definition) is 3. The molecule has 1 atom stereocenters. The first-order valence-electron chi connectivity index (χ1n) is 6.31. The van der Waals surface area contributed by atoms with Gasteiger partial charge in [0.25, 0.3) is 0 Å². The van der Waals surface area contributed by atoms with Crippen molar-refractivity contribution >= 4 is 11.8 Å². The van der Waals surface area contributed by atoms with Crippen molar-refractivity contribution in [1.82, 2.24) is 10.6 Å². The number of amides is 2. The minimum absolute atomic E-state index is 0.00484. The average molecular weight is 241 g/mol. The summed E-state index contributed by atoms with van der Waals surface area (Å²) in [5, 5.41) is 5.56. The standard InChI is InChI=1S/C12H23N3O2/c1-8(2)7-10(13)12(17)14-6-5-11(16)15-9-3-4-9/h8-10H,3-7,13H2,1-2H3,(H,14,17)(H,15,16)/t10-/m1/s1. The summed E-state index contributed by atoms with van der Waals surface area (Å²) in [6.45, 7) is 4.41. The van der Waals surface area contributed by atoms with E-state index in [-0.39, 0.29) is 11.8 Å². The summed E-state index contributed by atoms with van der Waals surface area (Å²) in [4.78, 5) is 22.9. The van der Waals surface area contributed by atoms with Crippen LogP contribution in [0, 0.1) is 5.92 Å². The second-order valence-electron chi connectivity index (χ2n) is 5.12. The van der Waals surface area contributed by atoms with Crippen molar-refractivity contribution in [3.63, 3.8) is 0 Å². The Morgan fingerprint density at radius 1 is 1.35 bits per heavy atom. The van der Waals surface area contributed by atoms with Crippen LogP contribution in [0.2, 0.25) is 0 Å². The first kappa shape index (κ1) is 14.0. The maximum Gasteiger partial charge on any atom is 0.236 e. The van der Waals surface area contributed by atoms with Gasteiger partial charge in [-0.25, -0.2) is 0 Å². The van der Waals surface area contributed by atoms with Crippen LogP contribution in [0.15, 0.2) is 0 Å². The molecule has 0 aromatic carbocycles. The lowest BCUT2D eigenvalue weighted by Crippen LogP contribution is -2.42. The van der Waals surface area contributed by atoms with E-state index < -0.39 is 6.04 Å². The SMILES string of the molecule is CC(C)C[C@@H](N)C(=O)NCCC(=O)NC1CC1. The lowest BCUT2D eigenvalue weighted by molar-refractivity contribution is -0.123. The number of nitrogens with two attached hydrogens (primary N) is 1. The summed E-state index contributed by atoms with van der Waals surface area (Å²) < 4.78 is 0. The number of carbonyl (C=O) groups excluding carboxylic acids is 2. The zero-order valence-electron chi connectivity index (χ0n) is 10.7. The monoisotopic (exact) mass is 241 g/mol. The zero-order valence-corrected chi connectivity index (χ0v) is 10.7. The third-order valence-electron chi connectivity index (χ3n) is 2.66. The summed E-state index contributed by atoms with van der Waals surface area (Å²) in [6.07, 6.45) is 3.16. The van der Waals surface area contributed by atoms with Crippen molar-refractivity contribution in [1.29, 1.82) is 0 Å². The van der Waals surface area contributed by atoms with Crippen LogP contribution in [0.5, 0.6) is 0 Å². The summed E-state index contributed by atoms with van der Waals surface area (Å²) in [5.74, 6) is 0.233. The highest BCUT2D eigenvalue weighted by Crippen LogP contribution is 2.18. The van der Waals surface area contributed by atoms with Gasteiger partial charge in [0.1, 0.15) is 0 Å². The van der Waals surface area contributed by atoms with Crippen LogP contribution in [0.4, 0.5) is 0 Å². The quantitative estimate of drug-likeness (QED) is 0.593. The van der Waals surface area contributed by atoms with Gasteiger partial charge in [-0.15, -0.1) is 0 Å². The minimum Gasteiger partial charge on any atom is -0.354 e. The smallest absolute Gasteiger partial charge is 0.236 e. The fourth-order valence-corrected chi connectivity index (χ4v) is 1.57. The molecule has 0 bridgehead atoms. The lowest BCUT2D eigenvalue weighted by Gasteiger charge is -2.13. The van der Waals surface area contributed by atoms with Crippen LogP contribution in [0.1, 0.15) is 39.5 Å². The van der Waals surface area contributed by atoms with Crippen LogP contribution in [0.25, 0.3) is 0 Å². The molecule has 5 nitrogen and oxygen atoms in total. The first-order valence-corrected chi connectivity index (χ1v) is 6.31. The summed E-state index contributed by atoms with van der Waals surface area (Å²) in [7, 11) is 0. The molecule has 0 aromatic heterocycles. The van der Waals surface area contributed by atoms with Crippen molar-refractivity contribution in [2.75, 3.05) is 6.54 Å². The third-order valence-corrected chi connectivity index (χ3v) is 2.66. The van der Waals surface area contributed by atoms with Crippen molar-refractivity contribution in [3.8, 4) is 0 Å².